The largest absolute Gasteiger partial charge is 0.493 e. The third-order valence-electron chi connectivity index (χ3n) is 4.75. The van der Waals surface area contributed by atoms with Gasteiger partial charge in [-0.25, -0.2) is 4.98 Å². The zero-order chi connectivity index (χ0) is 19.1. The van der Waals surface area contributed by atoms with Gasteiger partial charge in [-0.1, -0.05) is 38.1 Å². The predicted molar refractivity (Wildman–Crippen MR) is 113 cm³/mol. The lowest BCUT2D eigenvalue weighted by Crippen LogP contribution is -2.09. The van der Waals surface area contributed by atoms with E-state index >= 15 is 0 Å². The number of thiophene rings is 1. The molecule has 0 atom stereocenters. The number of H-pyrrole nitrogens is 1. The average molecular weight is 378 g/mol. The monoisotopic (exact) mass is 378 g/mol. The summed E-state index contributed by atoms with van der Waals surface area (Å²) in [7, 11) is 0. The summed E-state index contributed by atoms with van der Waals surface area (Å²) in [6, 6.07) is 12.0. The fourth-order valence-electron chi connectivity index (χ4n) is 3.24. The molecule has 2 aromatic carbocycles. The second kappa shape index (κ2) is 6.82. The van der Waals surface area contributed by atoms with Crippen molar-refractivity contribution in [2.75, 3.05) is 6.61 Å². The van der Waals surface area contributed by atoms with Gasteiger partial charge in [0.15, 0.2) is 0 Å². The number of hydrogen-bond donors (Lipinski definition) is 1. The van der Waals surface area contributed by atoms with E-state index in [0.29, 0.717) is 23.7 Å². The van der Waals surface area contributed by atoms with Crippen molar-refractivity contribution in [3.63, 3.8) is 0 Å². The van der Waals surface area contributed by atoms with Crippen molar-refractivity contribution in [3.8, 4) is 17.1 Å². The molecule has 0 aliphatic heterocycles. The average Bonchev–Trinajstić information content (AvgIpc) is 2.93. The van der Waals surface area contributed by atoms with Gasteiger partial charge in [0.05, 0.1) is 12.0 Å². The Hall–Kier alpha value is -2.66. The lowest BCUT2D eigenvalue weighted by molar-refractivity contribution is 0.274. The zero-order valence-corrected chi connectivity index (χ0v) is 16.7. The van der Waals surface area contributed by atoms with Gasteiger partial charge in [0.25, 0.3) is 5.56 Å². The first-order valence-electron chi connectivity index (χ1n) is 9.10. The summed E-state index contributed by atoms with van der Waals surface area (Å²) in [4.78, 5) is 22.3. The van der Waals surface area contributed by atoms with Crippen LogP contribution in [0, 0.1) is 19.8 Å². The fourth-order valence-corrected chi connectivity index (χ4v) is 4.27. The third kappa shape index (κ3) is 3.12. The van der Waals surface area contributed by atoms with Crippen LogP contribution in [-0.4, -0.2) is 16.6 Å². The Morgan fingerprint density at radius 1 is 1.11 bits per heavy atom. The molecule has 0 radical (unpaired) electrons. The van der Waals surface area contributed by atoms with Crippen molar-refractivity contribution in [3.05, 3.63) is 57.2 Å². The van der Waals surface area contributed by atoms with E-state index in [1.807, 2.05) is 50.2 Å². The summed E-state index contributed by atoms with van der Waals surface area (Å²) >= 11 is 1.57. The predicted octanol–water partition coefficient (Wildman–Crippen LogP) is 5.46. The molecule has 0 fully saturated rings. The lowest BCUT2D eigenvalue weighted by atomic mass is 10.0. The molecule has 4 aromatic rings. The van der Waals surface area contributed by atoms with Crippen molar-refractivity contribution in [2.45, 2.75) is 27.7 Å². The summed E-state index contributed by atoms with van der Waals surface area (Å²) in [5, 5.41) is 2.74. The Morgan fingerprint density at radius 2 is 1.85 bits per heavy atom. The molecular weight excluding hydrogens is 356 g/mol. The van der Waals surface area contributed by atoms with E-state index in [0.717, 1.165) is 37.4 Å². The van der Waals surface area contributed by atoms with E-state index in [4.69, 9.17) is 9.72 Å². The minimum absolute atomic E-state index is 0.0823. The summed E-state index contributed by atoms with van der Waals surface area (Å²) < 4.78 is 5.99. The number of aryl methyl sites for hydroxylation is 2. The van der Waals surface area contributed by atoms with Gasteiger partial charge >= 0.3 is 0 Å². The van der Waals surface area contributed by atoms with Crippen molar-refractivity contribution in [1.82, 2.24) is 9.97 Å². The topological polar surface area (TPSA) is 55.0 Å². The minimum atomic E-state index is -0.0823. The summed E-state index contributed by atoms with van der Waals surface area (Å²) in [6.45, 7) is 8.92. The molecule has 0 unspecified atom stereocenters. The van der Waals surface area contributed by atoms with Crippen LogP contribution in [0.5, 0.6) is 5.75 Å². The van der Waals surface area contributed by atoms with Gasteiger partial charge in [0.2, 0.25) is 0 Å². The SMILES string of the molecule is Cc1sc2nc(-c3ccc(OCC(C)C)c4ccccc34)[nH]c(=O)c2c1C. The highest BCUT2D eigenvalue weighted by Crippen LogP contribution is 2.34. The summed E-state index contributed by atoms with van der Waals surface area (Å²) in [5.74, 6) is 1.91. The second-order valence-corrected chi connectivity index (χ2v) is 8.44. The van der Waals surface area contributed by atoms with E-state index < -0.39 is 0 Å². The highest BCUT2D eigenvalue weighted by Gasteiger charge is 2.15. The normalized spacial score (nSPS) is 11.6. The number of nitrogens with zero attached hydrogens (tertiary/aromatic N) is 1. The molecule has 0 amide bonds. The molecule has 0 saturated heterocycles. The van der Waals surface area contributed by atoms with Crippen molar-refractivity contribution in [1.29, 1.82) is 0 Å². The number of ether oxygens (including phenoxy) is 1. The van der Waals surface area contributed by atoms with E-state index in [-0.39, 0.29) is 5.56 Å². The molecular formula is C22H22N2O2S. The highest BCUT2D eigenvalue weighted by atomic mass is 32.1. The molecule has 0 aliphatic carbocycles. The molecule has 27 heavy (non-hydrogen) atoms. The molecule has 0 aliphatic rings. The fraction of sp³-hybridized carbons (Fsp3) is 0.273. The molecule has 0 saturated carbocycles. The maximum atomic E-state index is 12.7. The molecule has 2 aromatic heterocycles. The number of hydrogen-bond acceptors (Lipinski definition) is 4. The molecule has 2 heterocycles. The second-order valence-electron chi connectivity index (χ2n) is 7.24. The smallest absolute Gasteiger partial charge is 0.260 e. The van der Waals surface area contributed by atoms with Gasteiger partial charge in [-0.05, 0) is 42.8 Å². The molecule has 0 bridgehead atoms. The first-order chi connectivity index (χ1) is 13.0. The maximum absolute atomic E-state index is 12.7. The van der Waals surface area contributed by atoms with Crippen LogP contribution in [0.3, 0.4) is 0 Å². The van der Waals surface area contributed by atoms with Crippen molar-refractivity contribution < 1.29 is 4.74 Å². The van der Waals surface area contributed by atoms with Crippen LogP contribution in [0.1, 0.15) is 24.3 Å². The molecule has 4 nitrogen and oxygen atoms in total. The number of aromatic amines is 1. The van der Waals surface area contributed by atoms with Gasteiger partial charge in [-0.2, -0.15) is 0 Å². The van der Waals surface area contributed by atoms with Gasteiger partial charge in [-0.15, -0.1) is 11.3 Å². The van der Waals surface area contributed by atoms with Gasteiger partial charge in [0.1, 0.15) is 16.4 Å². The lowest BCUT2D eigenvalue weighted by Gasteiger charge is -2.13. The van der Waals surface area contributed by atoms with Crippen LogP contribution in [0.4, 0.5) is 0 Å². The Balaban J connectivity index is 1.91. The molecule has 0 spiro atoms. The Labute approximate surface area is 161 Å². The van der Waals surface area contributed by atoms with Crippen LogP contribution >= 0.6 is 11.3 Å². The zero-order valence-electron chi connectivity index (χ0n) is 15.9. The quantitative estimate of drug-likeness (QED) is 0.513. The molecule has 138 valence electrons. The van der Waals surface area contributed by atoms with Crippen LogP contribution in [-0.2, 0) is 0 Å². The maximum Gasteiger partial charge on any atom is 0.260 e. The standard InChI is InChI=1S/C22H22N2O2S/c1-12(2)11-26-18-10-9-17(15-7-5-6-8-16(15)18)20-23-21(25)19-13(3)14(4)27-22(19)24-20/h5-10,12H,11H2,1-4H3,(H,23,24,25). The van der Waals surface area contributed by atoms with Crippen molar-refractivity contribution >= 4 is 32.3 Å². The van der Waals surface area contributed by atoms with Gasteiger partial charge < -0.3 is 9.72 Å². The highest BCUT2D eigenvalue weighted by molar-refractivity contribution is 7.18. The third-order valence-corrected chi connectivity index (χ3v) is 5.85. The van der Waals surface area contributed by atoms with E-state index in [1.165, 1.54) is 0 Å². The van der Waals surface area contributed by atoms with Crippen LogP contribution in [0.15, 0.2) is 41.2 Å². The van der Waals surface area contributed by atoms with E-state index in [2.05, 4.69) is 18.8 Å². The Kier molecular flexibility index (Phi) is 4.48. The molecule has 5 heteroatoms. The molecule has 4 rings (SSSR count). The summed E-state index contributed by atoms with van der Waals surface area (Å²) in [5.41, 5.74) is 1.84. The van der Waals surface area contributed by atoms with Gasteiger partial charge in [0, 0.05) is 15.8 Å². The first kappa shape index (κ1) is 17.7. The van der Waals surface area contributed by atoms with Crippen LogP contribution < -0.4 is 10.3 Å². The Bertz CT molecular complexity index is 1200. The number of fused-ring (bicyclic) bond motifs is 2. The number of rotatable bonds is 4. The number of benzene rings is 2. The van der Waals surface area contributed by atoms with E-state index in [9.17, 15) is 4.79 Å². The first-order valence-corrected chi connectivity index (χ1v) is 9.92. The Morgan fingerprint density at radius 3 is 2.59 bits per heavy atom. The summed E-state index contributed by atoms with van der Waals surface area (Å²) in [6.07, 6.45) is 0. The van der Waals surface area contributed by atoms with Crippen LogP contribution in [0.25, 0.3) is 32.4 Å². The van der Waals surface area contributed by atoms with Gasteiger partial charge in [-0.3, -0.25) is 4.79 Å². The molecule has 1 N–H and O–H groups in total. The van der Waals surface area contributed by atoms with Crippen molar-refractivity contribution in [2.24, 2.45) is 5.92 Å². The number of nitrogens with one attached hydrogen (secondary N) is 1. The van der Waals surface area contributed by atoms with Crippen LogP contribution in [0.2, 0.25) is 0 Å². The number of aromatic nitrogens is 2. The van der Waals surface area contributed by atoms with E-state index in [1.54, 1.807) is 11.3 Å². The minimum Gasteiger partial charge on any atom is -0.493 e.